The van der Waals surface area contributed by atoms with Gasteiger partial charge in [0.05, 0.1) is 16.6 Å². The average molecular weight is 687 g/mol. The van der Waals surface area contributed by atoms with Crippen LogP contribution >= 0.6 is 0 Å². The molecule has 3 nitrogen and oxygen atoms in total. The summed E-state index contributed by atoms with van der Waals surface area (Å²) in [5.41, 5.74) is 18.0. The molecular weight excluding hydrogens is 657 g/mol. The van der Waals surface area contributed by atoms with Gasteiger partial charge in [-0.05, 0) is 79.9 Å². The summed E-state index contributed by atoms with van der Waals surface area (Å²) in [7, 11) is 0. The van der Waals surface area contributed by atoms with Gasteiger partial charge in [-0.25, -0.2) is 9.97 Å². The van der Waals surface area contributed by atoms with Gasteiger partial charge in [0, 0.05) is 27.3 Å². The lowest BCUT2D eigenvalue weighted by molar-refractivity contribution is 0.669. The van der Waals surface area contributed by atoms with Gasteiger partial charge in [0.2, 0.25) is 0 Å². The molecule has 54 heavy (non-hydrogen) atoms. The van der Waals surface area contributed by atoms with Crippen LogP contribution in [0.4, 0.5) is 0 Å². The van der Waals surface area contributed by atoms with Crippen LogP contribution in [0.5, 0.6) is 0 Å². The van der Waals surface area contributed by atoms with Crippen LogP contribution in [0.3, 0.4) is 0 Å². The van der Waals surface area contributed by atoms with Crippen LogP contribution in [0.25, 0.3) is 88.9 Å². The predicted molar refractivity (Wildman–Crippen MR) is 219 cm³/mol. The van der Waals surface area contributed by atoms with E-state index in [1.807, 2.05) is 24.3 Å². The Labute approximate surface area is 311 Å². The van der Waals surface area contributed by atoms with Crippen molar-refractivity contribution in [1.29, 1.82) is 0 Å². The van der Waals surface area contributed by atoms with Crippen molar-refractivity contribution in [2.45, 2.75) is 5.41 Å². The Morgan fingerprint density at radius 2 is 1.00 bits per heavy atom. The number of benzene rings is 8. The summed E-state index contributed by atoms with van der Waals surface area (Å²) in [5, 5.41) is 3.10. The summed E-state index contributed by atoms with van der Waals surface area (Å²) in [6.07, 6.45) is 0. The molecule has 0 saturated heterocycles. The van der Waals surface area contributed by atoms with Crippen molar-refractivity contribution in [3.05, 3.63) is 204 Å². The Morgan fingerprint density at radius 3 is 1.80 bits per heavy atom. The number of hydrogen-bond donors (Lipinski definition) is 0. The van der Waals surface area contributed by atoms with Gasteiger partial charge >= 0.3 is 0 Å². The molecule has 2 aliphatic carbocycles. The van der Waals surface area contributed by atoms with Crippen LogP contribution < -0.4 is 0 Å². The third-order valence-electron chi connectivity index (χ3n) is 11.7. The SMILES string of the molecule is c1ccc(-c2nc(-c3cccc4oc5ccc(-c6cccc7c6-c6ccccc6C76c7ccccc7-c7ccccc76)cc5c34)nc3ccccc23)cc1. The topological polar surface area (TPSA) is 38.9 Å². The minimum Gasteiger partial charge on any atom is -0.456 e. The quantitative estimate of drug-likeness (QED) is 0.186. The fraction of sp³-hybridized carbons (Fsp3) is 0.0196. The van der Waals surface area contributed by atoms with E-state index in [0.717, 1.165) is 55.2 Å². The summed E-state index contributed by atoms with van der Waals surface area (Å²) in [5.74, 6) is 0.682. The number of para-hydroxylation sites is 1. The van der Waals surface area contributed by atoms with Gasteiger partial charge in [-0.2, -0.15) is 0 Å². The molecule has 0 fully saturated rings. The van der Waals surface area contributed by atoms with E-state index >= 15 is 0 Å². The molecule has 1 spiro atoms. The minimum atomic E-state index is -0.390. The largest absolute Gasteiger partial charge is 0.456 e. The molecular formula is C51H30N2O. The average Bonchev–Trinajstić information content (AvgIpc) is 3.87. The van der Waals surface area contributed by atoms with Crippen molar-refractivity contribution < 1.29 is 4.42 Å². The van der Waals surface area contributed by atoms with Crippen LogP contribution in [0.2, 0.25) is 0 Å². The van der Waals surface area contributed by atoms with Crippen LogP contribution in [0.1, 0.15) is 22.3 Å². The van der Waals surface area contributed by atoms with E-state index in [4.69, 9.17) is 14.4 Å². The predicted octanol–water partition coefficient (Wildman–Crippen LogP) is 12.9. The van der Waals surface area contributed by atoms with Crippen molar-refractivity contribution in [2.75, 3.05) is 0 Å². The second kappa shape index (κ2) is 11.0. The highest BCUT2D eigenvalue weighted by Crippen LogP contribution is 2.64. The van der Waals surface area contributed by atoms with Gasteiger partial charge in [-0.1, -0.05) is 158 Å². The van der Waals surface area contributed by atoms with Crippen LogP contribution in [0, 0.1) is 0 Å². The molecule has 0 unspecified atom stereocenters. The van der Waals surface area contributed by atoms with Crippen LogP contribution in [0.15, 0.2) is 186 Å². The second-order valence-electron chi connectivity index (χ2n) is 14.4. The highest BCUT2D eigenvalue weighted by molar-refractivity contribution is 6.13. The summed E-state index contributed by atoms with van der Waals surface area (Å²) in [4.78, 5) is 10.4. The maximum atomic E-state index is 6.56. The summed E-state index contributed by atoms with van der Waals surface area (Å²) < 4.78 is 6.56. The van der Waals surface area contributed by atoms with E-state index in [1.54, 1.807) is 0 Å². The van der Waals surface area contributed by atoms with E-state index in [9.17, 15) is 0 Å². The molecule has 12 rings (SSSR count). The monoisotopic (exact) mass is 686 g/mol. The molecule has 0 amide bonds. The zero-order valence-corrected chi connectivity index (χ0v) is 29.1. The Bertz CT molecular complexity index is 3130. The van der Waals surface area contributed by atoms with Gasteiger partial charge < -0.3 is 4.42 Å². The van der Waals surface area contributed by atoms with Gasteiger partial charge in [0.1, 0.15) is 11.2 Å². The molecule has 10 aromatic rings. The second-order valence-corrected chi connectivity index (χ2v) is 14.4. The first kappa shape index (κ1) is 29.5. The molecule has 250 valence electrons. The Balaban J connectivity index is 1.10. The highest BCUT2D eigenvalue weighted by Gasteiger charge is 2.51. The van der Waals surface area contributed by atoms with Gasteiger partial charge in [0.25, 0.3) is 0 Å². The number of rotatable bonds is 3. The number of furan rings is 1. The summed E-state index contributed by atoms with van der Waals surface area (Å²) >= 11 is 0. The van der Waals surface area contributed by atoms with Crippen molar-refractivity contribution >= 4 is 32.8 Å². The lowest BCUT2D eigenvalue weighted by atomic mass is 9.70. The van der Waals surface area contributed by atoms with E-state index in [1.165, 1.54) is 50.1 Å². The van der Waals surface area contributed by atoms with Crippen molar-refractivity contribution in [3.8, 4) is 56.0 Å². The molecule has 0 N–H and O–H groups in total. The standard InChI is InChI=1S/C51H30N2O/c1-2-14-31(15-3-1)49-37-19-7-11-26-44(37)52-50(53-49)38-21-13-27-46-48(38)39-30-32(28-29-45(39)54-46)33-20-12-25-43-47(33)36-18-6-10-24-42(36)51(43)40-22-8-4-16-34(40)35-17-5-9-23-41(35)51/h1-30H. The van der Waals surface area contributed by atoms with Crippen molar-refractivity contribution in [2.24, 2.45) is 0 Å². The molecule has 0 radical (unpaired) electrons. The van der Waals surface area contributed by atoms with Crippen molar-refractivity contribution in [1.82, 2.24) is 9.97 Å². The minimum absolute atomic E-state index is 0.390. The van der Waals surface area contributed by atoms with Crippen molar-refractivity contribution in [3.63, 3.8) is 0 Å². The molecule has 2 heterocycles. The van der Waals surface area contributed by atoms with E-state index < -0.39 is 5.41 Å². The summed E-state index contributed by atoms with van der Waals surface area (Å²) in [6, 6.07) is 65.3. The molecule has 2 aliphatic rings. The third kappa shape index (κ3) is 3.85. The molecule has 0 saturated carbocycles. The van der Waals surface area contributed by atoms with Gasteiger partial charge in [0.15, 0.2) is 5.82 Å². The molecule has 0 aliphatic heterocycles. The maximum Gasteiger partial charge on any atom is 0.161 e. The molecule has 2 aromatic heterocycles. The van der Waals surface area contributed by atoms with Gasteiger partial charge in [-0.15, -0.1) is 0 Å². The lowest BCUT2D eigenvalue weighted by Gasteiger charge is -2.30. The first-order valence-corrected chi connectivity index (χ1v) is 18.5. The lowest BCUT2D eigenvalue weighted by Crippen LogP contribution is -2.25. The summed E-state index contributed by atoms with van der Waals surface area (Å²) in [6.45, 7) is 0. The third-order valence-corrected chi connectivity index (χ3v) is 11.7. The number of fused-ring (bicyclic) bond motifs is 14. The maximum absolute atomic E-state index is 6.56. The number of nitrogens with zero attached hydrogens (tertiary/aromatic N) is 2. The molecule has 0 bridgehead atoms. The fourth-order valence-corrected chi connectivity index (χ4v) is 9.58. The van der Waals surface area contributed by atoms with Gasteiger partial charge in [-0.3, -0.25) is 0 Å². The Morgan fingerprint density at radius 1 is 0.389 bits per heavy atom. The smallest absolute Gasteiger partial charge is 0.161 e. The first-order valence-electron chi connectivity index (χ1n) is 18.5. The van der Waals surface area contributed by atoms with E-state index in [2.05, 4.69) is 158 Å². The zero-order valence-electron chi connectivity index (χ0n) is 29.1. The normalized spacial score (nSPS) is 13.3. The molecule has 8 aromatic carbocycles. The highest BCUT2D eigenvalue weighted by atomic mass is 16.3. The molecule has 3 heteroatoms. The number of hydrogen-bond acceptors (Lipinski definition) is 3. The zero-order chi connectivity index (χ0) is 35.4. The van der Waals surface area contributed by atoms with Crippen LogP contribution in [-0.2, 0) is 5.41 Å². The van der Waals surface area contributed by atoms with E-state index in [-0.39, 0.29) is 0 Å². The Kier molecular flexibility index (Phi) is 5.98. The Hall–Kier alpha value is -7.10. The molecule has 0 atom stereocenters. The fourth-order valence-electron chi connectivity index (χ4n) is 9.58. The number of aromatic nitrogens is 2. The van der Waals surface area contributed by atoms with E-state index in [0.29, 0.717) is 5.82 Å². The first-order chi connectivity index (χ1) is 26.8. The van der Waals surface area contributed by atoms with Crippen LogP contribution in [-0.4, -0.2) is 9.97 Å².